The molecule has 10 nitrogen and oxygen atoms in total. The normalized spacial score (nSPS) is 21.4. The first-order chi connectivity index (χ1) is 19.2. The average molecular weight is 559 g/mol. The zero-order chi connectivity index (χ0) is 28.8. The van der Waals surface area contributed by atoms with Crippen molar-refractivity contribution < 1.29 is 46.9 Å². The van der Waals surface area contributed by atoms with E-state index in [1.54, 1.807) is 0 Å². The Morgan fingerprint density at radius 1 is 1.20 bits per heavy atom. The van der Waals surface area contributed by atoms with Gasteiger partial charge < -0.3 is 29.1 Å². The molecule has 12 heteroatoms. The van der Waals surface area contributed by atoms with Gasteiger partial charge >= 0.3 is 11.9 Å². The number of hydrogen-bond acceptors (Lipinski definition) is 9. The summed E-state index contributed by atoms with van der Waals surface area (Å²) in [6.45, 7) is 1.52. The number of carbonyl (C=O) groups is 3. The van der Waals surface area contributed by atoms with Crippen molar-refractivity contribution in [3.63, 3.8) is 0 Å². The highest BCUT2D eigenvalue weighted by molar-refractivity contribution is 5.98. The van der Waals surface area contributed by atoms with Crippen molar-refractivity contribution in [2.45, 2.75) is 50.9 Å². The van der Waals surface area contributed by atoms with Gasteiger partial charge in [0, 0.05) is 24.2 Å². The van der Waals surface area contributed by atoms with Gasteiger partial charge in [0.05, 0.1) is 13.4 Å². The van der Waals surface area contributed by atoms with Crippen LogP contribution in [0.15, 0.2) is 53.3 Å². The molecule has 40 heavy (non-hydrogen) atoms. The number of ether oxygens (including phenoxy) is 3. The fourth-order valence-electron chi connectivity index (χ4n) is 4.66. The van der Waals surface area contributed by atoms with Crippen molar-refractivity contribution in [1.29, 1.82) is 0 Å². The number of halogens is 2. The molecular weight excluding hydrogens is 530 g/mol. The number of carbonyl (C=O) groups excluding carboxylic acids is 3. The van der Waals surface area contributed by atoms with Gasteiger partial charge in [0.15, 0.2) is 17.2 Å². The number of aromatic hydroxyl groups is 1. The first-order valence-corrected chi connectivity index (χ1v) is 12.6. The van der Waals surface area contributed by atoms with Crippen LogP contribution < -0.4 is 10.1 Å². The molecule has 1 aromatic carbocycles. The van der Waals surface area contributed by atoms with Crippen LogP contribution >= 0.6 is 0 Å². The van der Waals surface area contributed by atoms with Crippen molar-refractivity contribution in [3.05, 3.63) is 77.5 Å². The fraction of sp³-hybridized carbons (Fsp3) is 0.357. The summed E-state index contributed by atoms with van der Waals surface area (Å²) in [5.74, 6) is -4.97. The number of pyridine rings is 1. The lowest BCUT2D eigenvalue weighted by Gasteiger charge is -2.30. The summed E-state index contributed by atoms with van der Waals surface area (Å²) in [5.41, 5.74) is -0.136. The Morgan fingerprint density at radius 2 is 2.00 bits per heavy atom. The summed E-state index contributed by atoms with van der Waals surface area (Å²) in [6, 6.07) is 6.39. The van der Waals surface area contributed by atoms with E-state index in [0.29, 0.717) is 12.8 Å². The zero-order valence-corrected chi connectivity index (χ0v) is 21.8. The minimum absolute atomic E-state index is 0.0305. The fourth-order valence-corrected chi connectivity index (χ4v) is 4.66. The second-order valence-electron chi connectivity index (χ2n) is 9.36. The number of hydrogen-bond donors (Lipinski definition) is 2. The summed E-state index contributed by atoms with van der Waals surface area (Å²) in [4.78, 5) is 42.6. The SMILES string of the molecule is COc1ccnc(C(=O)NC2CCCC(Cc3ccc(F)cc3F)C(OC(=O)c3ccco3)C(C)OC2=O)c1O. The second-order valence-corrected chi connectivity index (χ2v) is 9.36. The molecule has 1 amide bonds. The lowest BCUT2D eigenvalue weighted by atomic mass is 9.86. The van der Waals surface area contributed by atoms with Crippen LogP contribution in [0.5, 0.6) is 11.5 Å². The number of benzene rings is 1. The monoisotopic (exact) mass is 558 g/mol. The van der Waals surface area contributed by atoms with Crippen LogP contribution in [0.3, 0.4) is 0 Å². The summed E-state index contributed by atoms with van der Waals surface area (Å²) in [6.07, 6.45) is 1.40. The molecule has 2 aromatic heterocycles. The van der Waals surface area contributed by atoms with E-state index in [-0.39, 0.29) is 35.6 Å². The highest BCUT2D eigenvalue weighted by Crippen LogP contribution is 2.30. The maximum absolute atomic E-state index is 14.6. The van der Waals surface area contributed by atoms with Gasteiger partial charge in [0.25, 0.3) is 5.91 Å². The molecule has 4 unspecified atom stereocenters. The van der Waals surface area contributed by atoms with Crippen LogP contribution in [0, 0.1) is 17.6 Å². The van der Waals surface area contributed by atoms with E-state index in [9.17, 15) is 28.3 Å². The molecule has 0 bridgehead atoms. The number of nitrogens with zero attached hydrogens (tertiary/aromatic N) is 1. The Kier molecular flexibility index (Phi) is 8.97. The Bertz CT molecular complexity index is 1360. The number of rotatable bonds is 7. The van der Waals surface area contributed by atoms with Crippen molar-refractivity contribution in [3.8, 4) is 11.5 Å². The van der Waals surface area contributed by atoms with Crippen LogP contribution in [0.2, 0.25) is 0 Å². The van der Waals surface area contributed by atoms with Gasteiger partial charge in [-0.2, -0.15) is 0 Å². The summed E-state index contributed by atoms with van der Waals surface area (Å²) < 4.78 is 49.5. The maximum atomic E-state index is 14.6. The van der Waals surface area contributed by atoms with E-state index in [0.717, 1.165) is 12.1 Å². The second kappa shape index (κ2) is 12.6. The van der Waals surface area contributed by atoms with Crippen LogP contribution in [-0.4, -0.2) is 53.3 Å². The molecular formula is C28H28F2N2O8. The highest BCUT2D eigenvalue weighted by atomic mass is 19.1. The van der Waals surface area contributed by atoms with Crippen LogP contribution in [0.25, 0.3) is 0 Å². The van der Waals surface area contributed by atoms with Gasteiger partial charge in [-0.15, -0.1) is 0 Å². The molecule has 4 atom stereocenters. The number of esters is 2. The average Bonchev–Trinajstić information content (AvgIpc) is 3.47. The van der Waals surface area contributed by atoms with Crippen molar-refractivity contribution >= 4 is 17.8 Å². The standard InChI is InChI=1S/C28H28F2N2O8/c1-15-25(40-28(36)22-7-4-12-38-22)17(13-16-8-9-18(29)14-19(16)30)5-3-6-20(27(35)39-15)32-26(34)23-24(33)21(37-2)10-11-31-23/h4,7-12,14-15,17,20,25,33H,3,5-6,13H2,1-2H3,(H,32,34). The van der Waals surface area contributed by atoms with E-state index in [1.165, 1.54) is 50.8 Å². The van der Waals surface area contributed by atoms with Crippen molar-refractivity contribution in [1.82, 2.24) is 10.3 Å². The molecule has 4 rings (SSSR count). The lowest BCUT2D eigenvalue weighted by molar-refractivity contribution is -0.157. The molecule has 2 N–H and O–H groups in total. The number of cyclic esters (lactones) is 1. The molecule has 212 valence electrons. The van der Waals surface area contributed by atoms with E-state index < -0.39 is 59.4 Å². The van der Waals surface area contributed by atoms with Gasteiger partial charge in [-0.25, -0.2) is 23.4 Å². The van der Waals surface area contributed by atoms with E-state index in [2.05, 4.69) is 10.3 Å². The minimum atomic E-state index is -1.12. The largest absolute Gasteiger partial charge is 0.503 e. The molecule has 3 heterocycles. The maximum Gasteiger partial charge on any atom is 0.374 e. The van der Waals surface area contributed by atoms with Crippen molar-refractivity contribution in [2.24, 2.45) is 5.92 Å². The predicted molar refractivity (Wildman–Crippen MR) is 135 cm³/mol. The summed E-state index contributed by atoms with van der Waals surface area (Å²) in [7, 11) is 1.32. The van der Waals surface area contributed by atoms with Crippen LogP contribution in [0.4, 0.5) is 8.78 Å². The van der Waals surface area contributed by atoms with E-state index >= 15 is 0 Å². The smallest absolute Gasteiger partial charge is 0.374 e. The third kappa shape index (κ3) is 6.56. The van der Waals surface area contributed by atoms with E-state index in [4.69, 9.17) is 18.6 Å². The lowest BCUT2D eigenvalue weighted by Crippen LogP contribution is -2.45. The first-order valence-electron chi connectivity index (χ1n) is 12.6. The zero-order valence-electron chi connectivity index (χ0n) is 21.8. The van der Waals surface area contributed by atoms with Gasteiger partial charge in [-0.3, -0.25) is 4.79 Å². The Hall–Kier alpha value is -4.48. The molecule has 1 fully saturated rings. The number of furan rings is 1. The Morgan fingerprint density at radius 3 is 2.70 bits per heavy atom. The molecule has 1 saturated heterocycles. The molecule has 1 aliphatic rings. The highest BCUT2D eigenvalue weighted by Gasteiger charge is 2.38. The Labute approximate surface area is 228 Å². The molecule has 0 spiro atoms. The van der Waals surface area contributed by atoms with E-state index in [1.807, 2.05) is 0 Å². The van der Waals surface area contributed by atoms with Gasteiger partial charge in [0.1, 0.15) is 29.9 Å². The third-order valence-corrected chi connectivity index (χ3v) is 6.67. The van der Waals surface area contributed by atoms with Gasteiger partial charge in [-0.05, 0) is 49.9 Å². The minimum Gasteiger partial charge on any atom is -0.503 e. The van der Waals surface area contributed by atoms with Gasteiger partial charge in [0.2, 0.25) is 5.76 Å². The first kappa shape index (κ1) is 28.5. The quantitative estimate of drug-likeness (QED) is 0.413. The number of nitrogens with one attached hydrogen (secondary N) is 1. The third-order valence-electron chi connectivity index (χ3n) is 6.67. The summed E-state index contributed by atoms with van der Waals surface area (Å²) >= 11 is 0. The molecule has 0 aliphatic carbocycles. The number of methoxy groups -OCH3 is 1. The number of amides is 1. The molecule has 3 aromatic rings. The Balaban J connectivity index is 1.57. The molecule has 0 radical (unpaired) electrons. The van der Waals surface area contributed by atoms with Gasteiger partial charge in [-0.1, -0.05) is 12.5 Å². The summed E-state index contributed by atoms with van der Waals surface area (Å²) in [5, 5.41) is 12.8. The molecule has 0 saturated carbocycles. The molecule has 1 aliphatic heterocycles. The topological polar surface area (TPSA) is 137 Å². The van der Waals surface area contributed by atoms with Crippen LogP contribution in [0.1, 0.15) is 52.8 Å². The van der Waals surface area contributed by atoms with Crippen molar-refractivity contribution in [2.75, 3.05) is 7.11 Å². The van der Waals surface area contributed by atoms with Crippen LogP contribution in [-0.2, 0) is 20.7 Å². The predicted octanol–water partition coefficient (Wildman–Crippen LogP) is 3.97. The number of aromatic nitrogens is 1.